The molecule has 5 aromatic rings. The van der Waals surface area contributed by atoms with E-state index in [1.165, 1.54) is 0 Å². The van der Waals surface area contributed by atoms with Gasteiger partial charge in [0.1, 0.15) is 11.5 Å². The highest BCUT2D eigenvalue weighted by atomic mass is 16.5. The third kappa shape index (κ3) is 7.06. The smallest absolute Gasteiger partial charge is 0.335 e. The van der Waals surface area contributed by atoms with Crippen LogP contribution in [0.3, 0.4) is 0 Å². The zero-order chi connectivity index (χ0) is 28.6. The van der Waals surface area contributed by atoms with Crippen LogP contribution >= 0.6 is 0 Å². The maximum Gasteiger partial charge on any atom is 0.335 e. The van der Waals surface area contributed by atoms with Crippen LogP contribution in [0.5, 0.6) is 11.5 Å². The quantitative estimate of drug-likeness (QED) is 0.111. The Hall–Kier alpha value is -6.10. The van der Waals surface area contributed by atoms with Crippen molar-refractivity contribution in [2.24, 2.45) is 0 Å². The molecule has 3 N–H and O–H groups in total. The zero-order valence-corrected chi connectivity index (χ0v) is 21.6. The van der Waals surface area contributed by atoms with Crippen LogP contribution in [0.15, 0.2) is 110 Å². The maximum absolute atomic E-state index is 11.5. The van der Waals surface area contributed by atoms with E-state index in [0.717, 1.165) is 23.1 Å². The molecule has 0 aliphatic heterocycles. The van der Waals surface area contributed by atoms with Gasteiger partial charge in [0.2, 0.25) is 17.8 Å². The molecule has 0 saturated carbocycles. The summed E-state index contributed by atoms with van der Waals surface area (Å²) in [4.78, 5) is 40.9. The fourth-order valence-electron chi connectivity index (χ4n) is 3.60. The largest absolute Gasteiger partial charge is 0.423 e. The number of fused-ring (bicyclic) bond motifs is 1. The van der Waals surface area contributed by atoms with Gasteiger partial charge < -0.3 is 25.4 Å². The first-order valence-corrected chi connectivity index (χ1v) is 12.3. The fraction of sp³-hybridized carbons (Fsp3) is 0. The molecule has 0 aliphatic rings. The Balaban J connectivity index is 1.41. The highest BCUT2D eigenvalue weighted by molar-refractivity contribution is 5.84. The number of carbonyl (C=O) groups is 2. The first kappa shape index (κ1) is 26.5. The molecule has 202 valence electrons. The number of carbonyl (C=O) groups excluding carboxylic acids is 2. The number of rotatable bonds is 10. The predicted molar refractivity (Wildman–Crippen MR) is 156 cm³/mol. The molecule has 2 aromatic heterocycles. The number of nitrogens with zero attached hydrogens (tertiary/aromatic N) is 4. The van der Waals surface area contributed by atoms with E-state index in [1.807, 2.05) is 30.3 Å². The molecule has 5 rings (SSSR count). The topological polar surface area (TPSA) is 140 Å². The van der Waals surface area contributed by atoms with Crippen molar-refractivity contribution < 1.29 is 19.1 Å². The Morgan fingerprint density at radius 1 is 0.634 bits per heavy atom. The van der Waals surface area contributed by atoms with Gasteiger partial charge in [-0.3, -0.25) is 4.98 Å². The van der Waals surface area contributed by atoms with Gasteiger partial charge in [-0.15, -0.1) is 0 Å². The Labute approximate surface area is 234 Å². The summed E-state index contributed by atoms with van der Waals surface area (Å²) in [5, 5.41) is 10.4. The normalized spacial score (nSPS) is 10.3. The van der Waals surface area contributed by atoms with E-state index in [0.29, 0.717) is 28.6 Å². The number of benzene rings is 3. The van der Waals surface area contributed by atoms with Gasteiger partial charge in [0, 0.05) is 28.9 Å². The average molecular weight is 546 g/mol. The van der Waals surface area contributed by atoms with Crippen LogP contribution in [0.4, 0.5) is 34.9 Å². The van der Waals surface area contributed by atoms with E-state index in [4.69, 9.17) is 9.47 Å². The lowest BCUT2D eigenvalue weighted by atomic mass is 10.2. The molecule has 0 bridgehead atoms. The van der Waals surface area contributed by atoms with Gasteiger partial charge in [-0.25, -0.2) is 9.59 Å². The number of para-hydroxylation sites is 1. The molecule has 0 amide bonds. The van der Waals surface area contributed by atoms with Gasteiger partial charge in [-0.05, 0) is 60.7 Å². The third-order valence-corrected chi connectivity index (χ3v) is 5.47. The fourth-order valence-corrected chi connectivity index (χ4v) is 3.60. The van der Waals surface area contributed by atoms with Gasteiger partial charge in [-0.1, -0.05) is 31.4 Å². The summed E-state index contributed by atoms with van der Waals surface area (Å²) >= 11 is 0. The Morgan fingerprint density at radius 3 is 1.59 bits per heavy atom. The van der Waals surface area contributed by atoms with Crippen LogP contribution in [-0.2, 0) is 9.59 Å². The van der Waals surface area contributed by atoms with Crippen molar-refractivity contribution in [2.45, 2.75) is 0 Å². The zero-order valence-electron chi connectivity index (χ0n) is 21.6. The Bertz CT molecular complexity index is 1650. The number of aromatic nitrogens is 4. The van der Waals surface area contributed by atoms with Gasteiger partial charge in [0.15, 0.2) is 0 Å². The van der Waals surface area contributed by atoms with Crippen molar-refractivity contribution in [3.63, 3.8) is 0 Å². The first-order chi connectivity index (χ1) is 20.0. The molecule has 0 unspecified atom stereocenters. The molecule has 0 aliphatic carbocycles. The molecule has 0 saturated heterocycles. The van der Waals surface area contributed by atoms with E-state index in [2.05, 4.69) is 49.0 Å². The average Bonchev–Trinajstić information content (AvgIpc) is 2.99. The van der Waals surface area contributed by atoms with Crippen LogP contribution < -0.4 is 25.4 Å². The summed E-state index contributed by atoms with van der Waals surface area (Å²) in [5.74, 6) is 0.375. The van der Waals surface area contributed by atoms with Crippen LogP contribution in [0.1, 0.15) is 0 Å². The molecule has 2 heterocycles. The second-order valence-electron chi connectivity index (χ2n) is 8.40. The standard InChI is InChI=1S/C30H23N7O4/c1-3-26(38)40-23-13-9-20(10-14-23)32-28-35-29(33-21-11-15-24(16-12-21)41-27(39)4-2)37-30(36-28)34-22-17-19-7-5-6-8-25(19)31-18-22/h3-18H,1-2H2,(H3,32,33,34,35,36,37). The lowest BCUT2D eigenvalue weighted by Gasteiger charge is -2.12. The molecule has 11 nitrogen and oxygen atoms in total. The summed E-state index contributed by atoms with van der Waals surface area (Å²) < 4.78 is 10.2. The number of esters is 2. The van der Waals surface area contributed by atoms with Crippen LogP contribution in [0, 0.1) is 0 Å². The lowest BCUT2D eigenvalue weighted by molar-refractivity contribution is -0.129. The molecular formula is C30H23N7O4. The van der Waals surface area contributed by atoms with Crippen LogP contribution in [0.25, 0.3) is 10.9 Å². The molecule has 0 spiro atoms. The van der Waals surface area contributed by atoms with Gasteiger partial charge in [-0.2, -0.15) is 15.0 Å². The van der Waals surface area contributed by atoms with Crippen molar-refractivity contribution in [3.05, 3.63) is 110 Å². The summed E-state index contributed by atoms with van der Waals surface area (Å²) in [7, 11) is 0. The minimum absolute atomic E-state index is 0.242. The second kappa shape index (κ2) is 12.2. The summed E-state index contributed by atoms with van der Waals surface area (Å²) in [5.41, 5.74) is 2.84. The molecule has 0 radical (unpaired) electrons. The minimum atomic E-state index is -0.551. The van der Waals surface area contributed by atoms with Crippen molar-refractivity contribution in [3.8, 4) is 11.5 Å². The molecule has 0 atom stereocenters. The lowest BCUT2D eigenvalue weighted by Crippen LogP contribution is -2.08. The van der Waals surface area contributed by atoms with E-state index in [9.17, 15) is 9.59 Å². The number of hydrogen-bond donors (Lipinski definition) is 3. The number of anilines is 6. The summed E-state index contributed by atoms with van der Waals surface area (Å²) in [6, 6.07) is 23.1. The monoisotopic (exact) mass is 545 g/mol. The number of ether oxygens (including phenoxy) is 2. The Morgan fingerprint density at radius 2 is 1.10 bits per heavy atom. The van der Waals surface area contributed by atoms with E-state index in [1.54, 1.807) is 54.7 Å². The maximum atomic E-state index is 11.5. The van der Waals surface area contributed by atoms with Crippen LogP contribution in [0.2, 0.25) is 0 Å². The van der Waals surface area contributed by atoms with Crippen molar-refractivity contribution >= 4 is 57.7 Å². The van der Waals surface area contributed by atoms with Crippen LogP contribution in [-0.4, -0.2) is 31.9 Å². The molecule has 3 aromatic carbocycles. The number of hydrogen-bond acceptors (Lipinski definition) is 11. The first-order valence-electron chi connectivity index (χ1n) is 12.3. The highest BCUT2D eigenvalue weighted by Gasteiger charge is 2.10. The SMILES string of the molecule is C=CC(=O)Oc1ccc(Nc2nc(Nc3ccc(OC(=O)C=C)cc3)nc(Nc3cnc4ccccc4c3)n2)cc1. The van der Waals surface area contributed by atoms with Gasteiger partial charge in [0.05, 0.1) is 17.4 Å². The Kier molecular flexibility index (Phi) is 7.87. The van der Waals surface area contributed by atoms with Crippen molar-refractivity contribution in [2.75, 3.05) is 16.0 Å². The highest BCUT2D eigenvalue weighted by Crippen LogP contribution is 2.24. The number of nitrogens with one attached hydrogen (secondary N) is 3. The van der Waals surface area contributed by atoms with Crippen molar-refractivity contribution in [1.82, 2.24) is 19.9 Å². The predicted octanol–water partition coefficient (Wildman–Crippen LogP) is 5.83. The molecule has 11 heteroatoms. The molecule has 0 fully saturated rings. The number of pyridine rings is 1. The second-order valence-corrected chi connectivity index (χ2v) is 8.40. The third-order valence-electron chi connectivity index (χ3n) is 5.47. The van der Waals surface area contributed by atoms with E-state index >= 15 is 0 Å². The summed E-state index contributed by atoms with van der Waals surface area (Å²) in [6.07, 6.45) is 3.87. The summed E-state index contributed by atoms with van der Waals surface area (Å²) in [6.45, 7) is 6.78. The van der Waals surface area contributed by atoms with Gasteiger partial charge >= 0.3 is 11.9 Å². The molecular weight excluding hydrogens is 522 g/mol. The van der Waals surface area contributed by atoms with Gasteiger partial charge in [0.25, 0.3) is 0 Å². The minimum Gasteiger partial charge on any atom is -0.423 e. The van der Waals surface area contributed by atoms with E-state index < -0.39 is 11.9 Å². The van der Waals surface area contributed by atoms with Crippen molar-refractivity contribution in [1.29, 1.82) is 0 Å². The molecule has 41 heavy (non-hydrogen) atoms. The van der Waals surface area contributed by atoms with E-state index in [-0.39, 0.29) is 17.8 Å².